The second-order valence-electron chi connectivity index (χ2n) is 11.1. The van der Waals surface area contributed by atoms with E-state index in [2.05, 4.69) is 27.2 Å². The van der Waals surface area contributed by atoms with Gasteiger partial charge in [-0.2, -0.15) is 0 Å². The van der Waals surface area contributed by atoms with Crippen LogP contribution in [-0.2, 0) is 5.41 Å². The van der Waals surface area contributed by atoms with Crippen LogP contribution < -0.4 is 14.2 Å². The van der Waals surface area contributed by atoms with Gasteiger partial charge < -0.3 is 33.1 Å². The molecule has 2 aromatic carbocycles. The molecule has 6 rings (SSSR count). The fraction of sp³-hybridized carbons (Fsp3) is 0.448. The van der Waals surface area contributed by atoms with Crippen LogP contribution in [0.15, 0.2) is 51.3 Å². The maximum atomic E-state index is 10.7. The molecule has 1 atom stereocenters. The fourth-order valence-electron chi connectivity index (χ4n) is 5.04. The molecule has 9 nitrogen and oxygen atoms in total. The number of nitrogens with zero attached hydrogens (tertiary/aromatic N) is 3. The molecule has 0 bridgehead atoms. The summed E-state index contributed by atoms with van der Waals surface area (Å²) in [5.41, 5.74) is 1.71. The smallest absolute Gasteiger partial charge is 0.283 e. The Hall–Kier alpha value is -3.56. The van der Waals surface area contributed by atoms with Crippen molar-refractivity contribution in [3.8, 4) is 28.9 Å². The van der Waals surface area contributed by atoms with Crippen molar-refractivity contribution < 1.29 is 28.2 Å². The van der Waals surface area contributed by atoms with Crippen molar-refractivity contribution in [3.05, 3.63) is 53.9 Å². The first-order valence-corrected chi connectivity index (χ1v) is 13.1. The average Bonchev–Trinajstić information content (AvgIpc) is 3.66. The van der Waals surface area contributed by atoms with Crippen molar-refractivity contribution in [3.63, 3.8) is 0 Å². The van der Waals surface area contributed by atoms with Gasteiger partial charge in [0.05, 0.1) is 5.39 Å². The third-order valence-corrected chi connectivity index (χ3v) is 7.15. The number of piperidine rings is 1. The largest absolute Gasteiger partial charge is 0.490 e. The highest BCUT2D eigenvalue weighted by atomic mass is 16.7. The van der Waals surface area contributed by atoms with E-state index >= 15 is 0 Å². The summed E-state index contributed by atoms with van der Waals surface area (Å²) in [5, 5.41) is 19.8. The number of fused-ring (bicyclic) bond motifs is 2. The van der Waals surface area contributed by atoms with Crippen molar-refractivity contribution in [1.29, 1.82) is 0 Å². The number of hydrogen-bond donors (Lipinski definition) is 1. The molecule has 4 aromatic rings. The van der Waals surface area contributed by atoms with Crippen molar-refractivity contribution in [2.75, 3.05) is 33.0 Å². The first kappa shape index (κ1) is 24.8. The van der Waals surface area contributed by atoms with Gasteiger partial charge >= 0.3 is 0 Å². The summed E-state index contributed by atoms with van der Waals surface area (Å²) < 4.78 is 28.8. The minimum absolute atomic E-state index is 0.191. The highest BCUT2D eigenvalue weighted by Crippen LogP contribution is 2.38. The molecule has 1 N–H and O–H groups in total. The second-order valence-corrected chi connectivity index (χ2v) is 11.1. The molecule has 1 fully saturated rings. The van der Waals surface area contributed by atoms with E-state index in [4.69, 9.17) is 23.0 Å². The third-order valence-electron chi connectivity index (χ3n) is 7.15. The van der Waals surface area contributed by atoms with Gasteiger partial charge in [-0.15, -0.1) is 10.2 Å². The van der Waals surface area contributed by atoms with Crippen LogP contribution in [0.25, 0.3) is 22.6 Å². The number of aliphatic hydroxyl groups is 1. The Morgan fingerprint density at radius 2 is 1.84 bits per heavy atom. The minimum Gasteiger partial charge on any atom is -0.490 e. The Bertz CT molecular complexity index is 1410. The van der Waals surface area contributed by atoms with Crippen LogP contribution in [-0.4, -0.2) is 59.3 Å². The average molecular weight is 520 g/mol. The number of furan rings is 1. The van der Waals surface area contributed by atoms with Crippen LogP contribution in [0.4, 0.5) is 0 Å². The molecule has 1 saturated heterocycles. The van der Waals surface area contributed by atoms with E-state index in [-0.39, 0.29) is 12.0 Å². The molecule has 200 valence electrons. The summed E-state index contributed by atoms with van der Waals surface area (Å²) >= 11 is 0. The maximum absolute atomic E-state index is 10.7. The van der Waals surface area contributed by atoms with Crippen LogP contribution in [0.5, 0.6) is 17.2 Å². The highest BCUT2D eigenvalue weighted by Gasteiger charge is 2.26. The summed E-state index contributed by atoms with van der Waals surface area (Å²) in [4.78, 5) is 2.30. The molecule has 0 radical (unpaired) electrons. The first-order valence-electron chi connectivity index (χ1n) is 13.1. The Kier molecular flexibility index (Phi) is 6.49. The predicted molar refractivity (Wildman–Crippen MR) is 141 cm³/mol. The SMILES string of the molecule is CC(C)(C)c1nnc(-c2cc3c(OC[C@@H](O)CN4CCC(c5ccc6c(c5)OCO6)CC4)cccc3o2)o1. The van der Waals surface area contributed by atoms with Gasteiger partial charge in [-0.3, -0.25) is 0 Å². The second kappa shape index (κ2) is 9.96. The molecule has 0 unspecified atom stereocenters. The topological polar surface area (TPSA) is 103 Å². The van der Waals surface area contributed by atoms with Gasteiger partial charge in [0, 0.05) is 18.0 Å². The minimum atomic E-state index is -0.607. The van der Waals surface area contributed by atoms with Crippen LogP contribution in [0, 0.1) is 0 Å². The zero-order valence-electron chi connectivity index (χ0n) is 22.0. The number of β-amino-alcohol motifs (C(OH)–C–C–N with tert-alkyl or cyclic N) is 1. The van der Waals surface area contributed by atoms with Crippen molar-refractivity contribution >= 4 is 11.0 Å². The summed E-state index contributed by atoms with van der Waals surface area (Å²) in [6.45, 7) is 8.96. The van der Waals surface area contributed by atoms with Crippen molar-refractivity contribution in [2.45, 2.75) is 51.0 Å². The number of aromatic nitrogens is 2. The maximum Gasteiger partial charge on any atom is 0.283 e. The molecular weight excluding hydrogens is 486 g/mol. The lowest BCUT2D eigenvalue weighted by Crippen LogP contribution is -2.40. The van der Waals surface area contributed by atoms with Gasteiger partial charge in [0.1, 0.15) is 24.0 Å². The molecule has 0 aliphatic carbocycles. The third kappa shape index (κ3) is 5.08. The predicted octanol–water partition coefficient (Wildman–Crippen LogP) is 5.13. The van der Waals surface area contributed by atoms with Crippen molar-refractivity contribution in [1.82, 2.24) is 15.1 Å². The Morgan fingerprint density at radius 1 is 1.03 bits per heavy atom. The van der Waals surface area contributed by atoms with Crippen LogP contribution in [0.3, 0.4) is 0 Å². The highest BCUT2D eigenvalue weighted by molar-refractivity contribution is 5.87. The number of likely N-dealkylation sites (tertiary alicyclic amines) is 1. The lowest BCUT2D eigenvalue weighted by Gasteiger charge is -2.33. The number of ether oxygens (including phenoxy) is 3. The van der Waals surface area contributed by atoms with E-state index in [1.165, 1.54) is 5.56 Å². The Balaban J connectivity index is 1.04. The summed E-state index contributed by atoms with van der Waals surface area (Å²) in [5.74, 6) is 4.16. The van der Waals surface area contributed by atoms with Gasteiger partial charge in [0.15, 0.2) is 17.3 Å². The summed E-state index contributed by atoms with van der Waals surface area (Å²) in [7, 11) is 0. The summed E-state index contributed by atoms with van der Waals surface area (Å²) in [6.07, 6.45) is 1.47. The molecule has 2 aromatic heterocycles. The fourth-order valence-corrected chi connectivity index (χ4v) is 5.04. The van der Waals surface area contributed by atoms with E-state index in [9.17, 15) is 5.11 Å². The molecule has 4 heterocycles. The van der Waals surface area contributed by atoms with E-state index in [1.807, 2.05) is 51.1 Å². The monoisotopic (exact) mass is 519 g/mol. The van der Waals surface area contributed by atoms with Crippen LogP contribution >= 0.6 is 0 Å². The molecule has 9 heteroatoms. The Labute approximate surface area is 221 Å². The molecule has 38 heavy (non-hydrogen) atoms. The molecule has 2 aliphatic heterocycles. The van der Waals surface area contributed by atoms with E-state index in [0.717, 1.165) is 42.8 Å². The number of benzene rings is 2. The number of aliphatic hydroxyl groups excluding tert-OH is 1. The van der Waals surface area contributed by atoms with E-state index in [0.29, 0.717) is 48.1 Å². The van der Waals surface area contributed by atoms with Gasteiger partial charge in [0.2, 0.25) is 12.7 Å². The number of hydrogen-bond acceptors (Lipinski definition) is 9. The van der Waals surface area contributed by atoms with Gasteiger partial charge in [-0.05, 0) is 61.7 Å². The molecule has 0 spiro atoms. The van der Waals surface area contributed by atoms with E-state index in [1.54, 1.807) is 0 Å². The zero-order valence-corrected chi connectivity index (χ0v) is 22.0. The lowest BCUT2D eigenvalue weighted by molar-refractivity contribution is 0.0599. The molecule has 0 saturated carbocycles. The summed E-state index contributed by atoms with van der Waals surface area (Å²) in [6, 6.07) is 13.7. The van der Waals surface area contributed by atoms with E-state index < -0.39 is 6.10 Å². The molecular formula is C29H33N3O6. The number of rotatable bonds is 7. The van der Waals surface area contributed by atoms with Gasteiger partial charge in [-0.1, -0.05) is 32.9 Å². The lowest BCUT2D eigenvalue weighted by atomic mass is 9.89. The quantitative estimate of drug-likeness (QED) is 0.356. The normalized spacial score (nSPS) is 17.3. The standard InChI is InChI=1S/C29H33N3O6/c1-29(2,3)28-31-30-27(38-28)26-14-21-22(5-4-6-23(21)37-26)34-16-20(33)15-32-11-9-18(10-12-32)19-7-8-24-25(13-19)36-17-35-24/h4-8,13-14,18,20,33H,9-12,15-17H2,1-3H3/t20-/m0/s1. The van der Waals surface area contributed by atoms with Crippen LogP contribution in [0.2, 0.25) is 0 Å². The molecule has 2 aliphatic rings. The molecule has 0 amide bonds. The zero-order chi connectivity index (χ0) is 26.3. The first-order chi connectivity index (χ1) is 18.3. The van der Waals surface area contributed by atoms with Gasteiger partial charge in [-0.25, -0.2) is 0 Å². The van der Waals surface area contributed by atoms with Crippen molar-refractivity contribution in [2.24, 2.45) is 0 Å². The Morgan fingerprint density at radius 3 is 2.63 bits per heavy atom. The van der Waals surface area contributed by atoms with Gasteiger partial charge in [0.25, 0.3) is 5.89 Å². The van der Waals surface area contributed by atoms with Crippen LogP contribution in [0.1, 0.15) is 51.0 Å².